The number of hydrogen-bond donors (Lipinski definition) is 1. The molecule has 0 spiro atoms. The number of anilines is 1. The van der Waals surface area contributed by atoms with Crippen molar-refractivity contribution < 1.29 is 33.0 Å². The number of hydrogen-bond acceptors (Lipinski definition) is 6. The topological polar surface area (TPSA) is 94.2 Å². The van der Waals surface area contributed by atoms with Crippen LogP contribution in [0.3, 0.4) is 0 Å². The van der Waals surface area contributed by atoms with Gasteiger partial charge in [0.15, 0.2) is 18.1 Å². The summed E-state index contributed by atoms with van der Waals surface area (Å²) in [4.78, 5) is 37.4. The molecule has 0 bridgehead atoms. The summed E-state index contributed by atoms with van der Waals surface area (Å²) in [5, 5.41) is 2.54. The van der Waals surface area contributed by atoms with Crippen molar-refractivity contribution in [2.45, 2.75) is 0 Å². The van der Waals surface area contributed by atoms with Crippen LogP contribution < -0.4 is 14.8 Å². The molecule has 1 N–H and O–H groups in total. The van der Waals surface area contributed by atoms with Crippen LogP contribution in [0, 0.1) is 5.82 Å². The maximum atomic E-state index is 12.9. The van der Waals surface area contributed by atoms with Crippen LogP contribution in [0.5, 0.6) is 11.5 Å². The lowest BCUT2D eigenvalue weighted by Crippen LogP contribution is -2.37. The molecule has 2 amide bonds. The molecule has 29 heavy (non-hydrogen) atoms. The van der Waals surface area contributed by atoms with Gasteiger partial charge >= 0.3 is 5.97 Å². The van der Waals surface area contributed by atoms with Crippen LogP contribution in [0.4, 0.5) is 10.1 Å². The lowest BCUT2D eigenvalue weighted by molar-refractivity contribution is -0.136. The van der Waals surface area contributed by atoms with Crippen molar-refractivity contribution in [1.82, 2.24) is 4.90 Å². The Morgan fingerprint density at radius 2 is 1.76 bits per heavy atom. The highest BCUT2D eigenvalue weighted by atomic mass is 19.1. The summed E-state index contributed by atoms with van der Waals surface area (Å²) >= 11 is 0. The first-order valence-corrected chi connectivity index (χ1v) is 8.78. The SMILES string of the molecule is CN(CC(=O)Nc1ccc(F)cc1)C(=O)COC(=O)c1ccc2c(c1)OCCO2. The highest BCUT2D eigenvalue weighted by Crippen LogP contribution is 2.30. The van der Waals surface area contributed by atoms with Gasteiger partial charge in [-0.05, 0) is 42.5 Å². The predicted octanol–water partition coefficient (Wildman–Crippen LogP) is 1.85. The van der Waals surface area contributed by atoms with Crippen LogP contribution in [0.1, 0.15) is 10.4 Å². The molecule has 0 fully saturated rings. The third-order valence-corrected chi connectivity index (χ3v) is 4.04. The van der Waals surface area contributed by atoms with Gasteiger partial charge in [-0.25, -0.2) is 9.18 Å². The maximum absolute atomic E-state index is 12.9. The van der Waals surface area contributed by atoms with Crippen LogP contribution in [0.2, 0.25) is 0 Å². The molecule has 152 valence electrons. The Labute approximate surface area is 166 Å². The van der Waals surface area contributed by atoms with E-state index >= 15 is 0 Å². The molecular weight excluding hydrogens is 383 g/mol. The Bertz CT molecular complexity index is 916. The second-order valence-electron chi connectivity index (χ2n) is 6.24. The minimum absolute atomic E-state index is 0.221. The molecule has 0 unspecified atom stereocenters. The lowest BCUT2D eigenvalue weighted by Gasteiger charge is -2.19. The van der Waals surface area contributed by atoms with Gasteiger partial charge in [0.1, 0.15) is 19.0 Å². The molecular formula is C20H19FN2O6. The van der Waals surface area contributed by atoms with Crippen LogP contribution in [0.25, 0.3) is 0 Å². The fourth-order valence-electron chi connectivity index (χ4n) is 2.53. The third kappa shape index (κ3) is 5.44. The quantitative estimate of drug-likeness (QED) is 0.742. The van der Waals surface area contributed by atoms with E-state index in [1.807, 2.05) is 0 Å². The van der Waals surface area contributed by atoms with Gasteiger partial charge in [0, 0.05) is 12.7 Å². The summed E-state index contributed by atoms with van der Waals surface area (Å²) < 4.78 is 28.7. The number of amides is 2. The summed E-state index contributed by atoms with van der Waals surface area (Å²) in [5.74, 6) is -1.16. The summed E-state index contributed by atoms with van der Waals surface area (Å²) in [6, 6.07) is 9.83. The predicted molar refractivity (Wildman–Crippen MR) is 100 cm³/mol. The lowest BCUT2D eigenvalue weighted by atomic mass is 10.2. The minimum Gasteiger partial charge on any atom is -0.486 e. The van der Waals surface area contributed by atoms with Crippen LogP contribution in [-0.2, 0) is 14.3 Å². The highest BCUT2D eigenvalue weighted by molar-refractivity contribution is 5.95. The molecule has 0 saturated heterocycles. The molecule has 0 atom stereocenters. The molecule has 0 radical (unpaired) electrons. The summed E-state index contributed by atoms with van der Waals surface area (Å²) in [7, 11) is 1.41. The normalized spacial score (nSPS) is 12.1. The van der Waals surface area contributed by atoms with Gasteiger partial charge in [0.2, 0.25) is 5.91 Å². The van der Waals surface area contributed by atoms with Gasteiger partial charge in [-0.3, -0.25) is 9.59 Å². The third-order valence-electron chi connectivity index (χ3n) is 4.04. The zero-order valence-corrected chi connectivity index (χ0v) is 15.6. The molecule has 8 nitrogen and oxygen atoms in total. The fraction of sp³-hybridized carbons (Fsp3) is 0.250. The van der Waals surface area contributed by atoms with Gasteiger partial charge < -0.3 is 24.4 Å². The Balaban J connectivity index is 1.47. The molecule has 3 rings (SSSR count). The Kier molecular flexibility index (Phi) is 6.28. The largest absolute Gasteiger partial charge is 0.486 e. The summed E-state index contributed by atoms with van der Waals surface area (Å²) in [6.45, 7) is 0.0481. The number of carbonyl (C=O) groups excluding carboxylic acids is 3. The number of halogens is 1. The van der Waals surface area contributed by atoms with Crippen LogP contribution >= 0.6 is 0 Å². The number of carbonyl (C=O) groups is 3. The number of nitrogens with one attached hydrogen (secondary N) is 1. The average molecular weight is 402 g/mol. The van der Waals surface area contributed by atoms with Crippen molar-refractivity contribution >= 4 is 23.5 Å². The van der Waals surface area contributed by atoms with Crippen molar-refractivity contribution in [2.24, 2.45) is 0 Å². The van der Waals surface area contributed by atoms with E-state index in [1.165, 1.54) is 43.4 Å². The van der Waals surface area contributed by atoms with Crippen molar-refractivity contribution in [1.29, 1.82) is 0 Å². The second kappa shape index (κ2) is 9.05. The number of esters is 1. The van der Waals surface area contributed by atoms with Gasteiger partial charge in [-0.1, -0.05) is 0 Å². The highest BCUT2D eigenvalue weighted by Gasteiger charge is 2.18. The maximum Gasteiger partial charge on any atom is 0.338 e. The van der Waals surface area contributed by atoms with E-state index in [2.05, 4.69) is 5.32 Å². The Morgan fingerprint density at radius 3 is 2.48 bits per heavy atom. The molecule has 9 heteroatoms. The second-order valence-corrected chi connectivity index (χ2v) is 6.24. The molecule has 0 saturated carbocycles. The Morgan fingerprint density at radius 1 is 1.07 bits per heavy atom. The number of rotatable bonds is 6. The smallest absolute Gasteiger partial charge is 0.338 e. The van der Waals surface area contributed by atoms with Crippen molar-refractivity contribution in [3.8, 4) is 11.5 Å². The zero-order chi connectivity index (χ0) is 20.8. The molecule has 0 aromatic heterocycles. The van der Waals surface area contributed by atoms with E-state index in [-0.39, 0.29) is 12.1 Å². The van der Waals surface area contributed by atoms with Gasteiger partial charge in [-0.15, -0.1) is 0 Å². The first-order valence-electron chi connectivity index (χ1n) is 8.78. The first kappa shape index (κ1) is 20.1. The number of ether oxygens (including phenoxy) is 3. The Hall–Kier alpha value is -3.62. The molecule has 0 aliphatic carbocycles. The summed E-state index contributed by atoms with van der Waals surface area (Å²) in [6.07, 6.45) is 0. The molecule has 2 aromatic rings. The molecule has 1 aliphatic heterocycles. The standard InChI is InChI=1S/C20H19FN2O6/c1-23(11-18(24)22-15-5-3-14(21)4-6-15)19(25)12-29-20(26)13-2-7-16-17(10-13)28-9-8-27-16/h2-7,10H,8-9,11-12H2,1H3,(H,22,24). The van der Waals surface area contributed by atoms with Gasteiger partial charge in [0.05, 0.1) is 12.1 Å². The number of fused-ring (bicyclic) bond motifs is 1. The van der Waals surface area contributed by atoms with Crippen LogP contribution in [-0.4, -0.2) is 56.1 Å². The summed E-state index contributed by atoms with van der Waals surface area (Å²) in [5.41, 5.74) is 0.626. The zero-order valence-electron chi connectivity index (χ0n) is 15.6. The monoisotopic (exact) mass is 402 g/mol. The molecule has 2 aromatic carbocycles. The first-order chi connectivity index (χ1) is 13.9. The van der Waals surface area contributed by atoms with Gasteiger partial charge in [-0.2, -0.15) is 0 Å². The van der Waals surface area contributed by atoms with Gasteiger partial charge in [0.25, 0.3) is 5.91 Å². The number of benzene rings is 2. The molecule has 1 heterocycles. The minimum atomic E-state index is -0.695. The van der Waals surface area contributed by atoms with E-state index < -0.39 is 30.2 Å². The molecule has 1 aliphatic rings. The van der Waals surface area contributed by atoms with Crippen molar-refractivity contribution in [3.63, 3.8) is 0 Å². The van der Waals surface area contributed by atoms with Crippen molar-refractivity contribution in [3.05, 3.63) is 53.8 Å². The van der Waals surface area contributed by atoms with E-state index in [0.717, 1.165) is 4.90 Å². The van der Waals surface area contributed by atoms with Crippen LogP contribution in [0.15, 0.2) is 42.5 Å². The van der Waals surface area contributed by atoms with Crippen molar-refractivity contribution in [2.75, 3.05) is 38.7 Å². The fourth-order valence-corrected chi connectivity index (χ4v) is 2.53. The van der Waals surface area contributed by atoms with E-state index in [1.54, 1.807) is 6.07 Å². The number of likely N-dealkylation sites (N-methyl/N-ethyl adjacent to an activating group) is 1. The average Bonchev–Trinajstić information content (AvgIpc) is 2.72. The number of nitrogens with zero attached hydrogens (tertiary/aromatic N) is 1. The van der Waals surface area contributed by atoms with E-state index in [0.29, 0.717) is 30.4 Å². The van der Waals surface area contributed by atoms with E-state index in [9.17, 15) is 18.8 Å². The van der Waals surface area contributed by atoms with E-state index in [4.69, 9.17) is 14.2 Å².